The monoisotopic (exact) mass is 332 g/mol. The van der Waals surface area contributed by atoms with Crippen molar-refractivity contribution in [2.75, 3.05) is 36.0 Å². The van der Waals surface area contributed by atoms with Crippen molar-refractivity contribution in [3.8, 4) is 0 Å². The van der Waals surface area contributed by atoms with Crippen LogP contribution in [0.1, 0.15) is 0 Å². The molecular formula is C15H17FN6O2. The molecule has 126 valence electrons. The van der Waals surface area contributed by atoms with Crippen LogP contribution >= 0.6 is 0 Å². The Bertz CT molecular complexity index is 849. The first-order valence-corrected chi connectivity index (χ1v) is 7.78. The Morgan fingerprint density at radius 3 is 2.46 bits per heavy atom. The Hall–Kier alpha value is -2.71. The summed E-state index contributed by atoms with van der Waals surface area (Å²) in [6.07, 6.45) is 2.52. The highest BCUT2D eigenvalue weighted by molar-refractivity contribution is 5.44. The highest BCUT2D eigenvalue weighted by Crippen LogP contribution is 2.35. The molecule has 4 heterocycles. The molecule has 0 amide bonds. The van der Waals surface area contributed by atoms with E-state index in [0.717, 1.165) is 17.7 Å². The summed E-state index contributed by atoms with van der Waals surface area (Å²) in [5, 5.41) is 0. The fourth-order valence-corrected chi connectivity index (χ4v) is 3.62. The van der Waals surface area contributed by atoms with Gasteiger partial charge in [-0.25, -0.2) is 19.2 Å². The van der Waals surface area contributed by atoms with Gasteiger partial charge in [-0.05, 0) is 0 Å². The van der Waals surface area contributed by atoms with Crippen LogP contribution in [0.3, 0.4) is 0 Å². The number of hydrogen-bond donors (Lipinski definition) is 1. The van der Waals surface area contributed by atoms with Crippen LogP contribution in [-0.4, -0.2) is 45.7 Å². The van der Waals surface area contributed by atoms with Gasteiger partial charge < -0.3 is 9.80 Å². The van der Waals surface area contributed by atoms with Crippen molar-refractivity contribution in [1.29, 1.82) is 0 Å². The van der Waals surface area contributed by atoms with Crippen LogP contribution in [0.5, 0.6) is 0 Å². The maximum absolute atomic E-state index is 13.8. The zero-order valence-electron chi connectivity index (χ0n) is 13.1. The molecule has 2 aromatic heterocycles. The van der Waals surface area contributed by atoms with Gasteiger partial charge in [0.05, 0.1) is 6.20 Å². The second-order valence-electron chi connectivity index (χ2n) is 6.38. The molecule has 0 bridgehead atoms. The van der Waals surface area contributed by atoms with Crippen LogP contribution < -0.4 is 21.0 Å². The summed E-state index contributed by atoms with van der Waals surface area (Å²) in [5.41, 5.74) is -0.741. The molecule has 2 fully saturated rings. The number of aromatic nitrogens is 4. The van der Waals surface area contributed by atoms with Crippen LogP contribution in [0.4, 0.5) is 16.0 Å². The molecule has 24 heavy (non-hydrogen) atoms. The maximum Gasteiger partial charge on any atom is 0.329 e. The largest absolute Gasteiger partial charge is 0.357 e. The van der Waals surface area contributed by atoms with E-state index in [1.165, 1.54) is 25.6 Å². The zero-order valence-corrected chi connectivity index (χ0v) is 13.1. The van der Waals surface area contributed by atoms with E-state index in [2.05, 4.69) is 15.0 Å². The fraction of sp³-hybridized carbons (Fsp3) is 0.467. The number of hydrogen-bond acceptors (Lipinski definition) is 6. The molecule has 4 rings (SSSR count). The molecule has 2 aliphatic heterocycles. The molecule has 0 aliphatic carbocycles. The molecular weight excluding hydrogens is 315 g/mol. The summed E-state index contributed by atoms with van der Waals surface area (Å²) in [6, 6.07) is 1.45. The number of anilines is 2. The predicted molar refractivity (Wildman–Crippen MR) is 85.7 cm³/mol. The van der Waals surface area contributed by atoms with E-state index in [4.69, 9.17) is 0 Å². The van der Waals surface area contributed by atoms with Gasteiger partial charge in [-0.2, -0.15) is 0 Å². The van der Waals surface area contributed by atoms with Gasteiger partial charge in [0.1, 0.15) is 12.1 Å². The second-order valence-corrected chi connectivity index (χ2v) is 6.38. The van der Waals surface area contributed by atoms with Crippen molar-refractivity contribution in [3.63, 3.8) is 0 Å². The number of rotatable bonds is 2. The molecule has 2 aromatic rings. The first kappa shape index (κ1) is 14.9. The topological polar surface area (TPSA) is 87.1 Å². The van der Waals surface area contributed by atoms with E-state index in [0.29, 0.717) is 36.6 Å². The first-order valence-electron chi connectivity index (χ1n) is 7.78. The molecule has 2 saturated heterocycles. The predicted octanol–water partition coefficient (Wildman–Crippen LogP) is -0.425. The smallest absolute Gasteiger partial charge is 0.329 e. The van der Waals surface area contributed by atoms with E-state index in [9.17, 15) is 14.0 Å². The Balaban J connectivity index is 1.52. The van der Waals surface area contributed by atoms with Crippen molar-refractivity contribution in [2.24, 2.45) is 18.9 Å². The van der Waals surface area contributed by atoms with Gasteiger partial charge in [-0.3, -0.25) is 14.3 Å². The number of halogens is 1. The van der Waals surface area contributed by atoms with Gasteiger partial charge in [-0.1, -0.05) is 0 Å². The van der Waals surface area contributed by atoms with E-state index in [-0.39, 0.29) is 5.56 Å². The molecule has 0 radical (unpaired) electrons. The van der Waals surface area contributed by atoms with E-state index in [1.807, 2.05) is 9.80 Å². The number of nitrogens with one attached hydrogen (secondary N) is 1. The summed E-state index contributed by atoms with van der Waals surface area (Å²) in [6.45, 7) is 2.84. The first-order chi connectivity index (χ1) is 11.5. The van der Waals surface area contributed by atoms with E-state index in [1.54, 1.807) is 0 Å². The standard InChI is InChI=1S/C15H17FN6O2/c1-20-13(23)2-12(19-15(20)24)21-4-9-6-22(7-10(9)5-21)14-11(16)3-17-8-18-14/h2-3,8-10H,4-7H2,1H3,(H,19,24). The summed E-state index contributed by atoms with van der Waals surface area (Å²) >= 11 is 0. The Labute approximate surface area is 136 Å². The molecule has 0 aromatic carbocycles. The van der Waals surface area contributed by atoms with E-state index < -0.39 is 11.5 Å². The highest BCUT2D eigenvalue weighted by Gasteiger charge is 2.41. The molecule has 0 saturated carbocycles. The van der Waals surface area contributed by atoms with Gasteiger partial charge in [0.15, 0.2) is 11.6 Å². The van der Waals surface area contributed by atoms with Gasteiger partial charge in [0.25, 0.3) is 5.56 Å². The van der Waals surface area contributed by atoms with Crippen molar-refractivity contribution in [1.82, 2.24) is 19.5 Å². The van der Waals surface area contributed by atoms with Crippen LogP contribution in [0.15, 0.2) is 28.2 Å². The van der Waals surface area contributed by atoms with Gasteiger partial charge >= 0.3 is 5.69 Å². The molecule has 2 aliphatic rings. The lowest BCUT2D eigenvalue weighted by Gasteiger charge is -2.23. The number of nitrogens with zero attached hydrogens (tertiary/aromatic N) is 5. The second kappa shape index (κ2) is 5.43. The summed E-state index contributed by atoms with van der Waals surface area (Å²) in [7, 11) is 1.44. The van der Waals surface area contributed by atoms with Gasteiger partial charge in [0.2, 0.25) is 0 Å². The summed E-state index contributed by atoms with van der Waals surface area (Å²) in [4.78, 5) is 38.0. The molecule has 1 N–H and O–H groups in total. The Morgan fingerprint density at radius 2 is 1.83 bits per heavy atom. The van der Waals surface area contributed by atoms with Crippen molar-refractivity contribution >= 4 is 11.6 Å². The van der Waals surface area contributed by atoms with E-state index >= 15 is 0 Å². The minimum Gasteiger partial charge on any atom is -0.357 e. The third kappa shape index (κ3) is 2.36. The lowest BCUT2D eigenvalue weighted by Crippen LogP contribution is -2.36. The lowest BCUT2D eigenvalue weighted by atomic mass is 10.0. The van der Waals surface area contributed by atoms with Crippen molar-refractivity contribution in [3.05, 3.63) is 45.2 Å². The number of H-pyrrole nitrogens is 1. The molecule has 2 atom stereocenters. The van der Waals surface area contributed by atoms with Crippen LogP contribution in [0, 0.1) is 17.7 Å². The van der Waals surface area contributed by atoms with Crippen LogP contribution in [0.25, 0.3) is 0 Å². The molecule has 9 heteroatoms. The highest BCUT2D eigenvalue weighted by atomic mass is 19.1. The molecule has 8 nitrogen and oxygen atoms in total. The van der Waals surface area contributed by atoms with Gasteiger partial charge in [0, 0.05) is 51.1 Å². The van der Waals surface area contributed by atoms with Gasteiger partial charge in [-0.15, -0.1) is 0 Å². The minimum absolute atomic E-state index is 0.324. The SMILES string of the molecule is Cn1c(=O)cc(N2CC3CN(c4ncncc4F)CC3C2)[nH]c1=O. The number of fused-ring (bicyclic) bond motifs is 1. The quantitative estimate of drug-likeness (QED) is 0.803. The third-order valence-corrected chi connectivity index (χ3v) is 4.91. The molecule has 2 unspecified atom stereocenters. The third-order valence-electron chi connectivity index (χ3n) is 4.91. The Kier molecular flexibility index (Phi) is 3.36. The average molecular weight is 332 g/mol. The minimum atomic E-state index is -0.417. The Morgan fingerprint density at radius 1 is 1.17 bits per heavy atom. The average Bonchev–Trinajstić information content (AvgIpc) is 3.11. The fourth-order valence-electron chi connectivity index (χ4n) is 3.62. The summed E-state index contributed by atoms with van der Waals surface area (Å²) in [5.74, 6) is 1.16. The molecule has 0 spiro atoms. The zero-order chi connectivity index (χ0) is 16.8. The van der Waals surface area contributed by atoms with Crippen molar-refractivity contribution < 1.29 is 4.39 Å². The lowest BCUT2D eigenvalue weighted by molar-refractivity contribution is 0.533. The van der Waals surface area contributed by atoms with Crippen molar-refractivity contribution in [2.45, 2.75) is 0 Å². The van der Waals surface area contributed by atoms with Crippen LogP contribution in [-0.2, 0) is 7.05 Å². The van der Waals surface area contributed by atoms with Crippen LogP contribution in [0.2, 0.25) is 0 Å². The number of aromatic amines is 1. The normalized spacial score (nSPS) is 22.9. The maximum atomic E-state index is 13.8. The summed E-state index contributed by atoms with van der Waals surface area (Å²) < 4.78 is 14.9.